The number of carbonyl (C=O) groups is 1. The smallest absolute Gasteiger partial charge is 0.319 e. The molecule has 7 nitrogen and oxygen atoms in total. The van der Waals surface area contributed by atoms with Crippen LogP contribution in [0.25, 0.3) is 22.0 Å². The number of aromatic nitrogens is 1. The molecule has 3 aromatic rings. The minimum atomic E-state index is -0.615. The molecule has 0 saturated heterocycles. The molecule has 164 valence electrons. The predicted molar refractivity (Wildman–Crippen MR) is 118 cm³/mol. The molecule has 8 heteroatoms. The van der Waals surface area contributed by atoms with Gasteiger partial charge in [0.05, 0.1) is 24.6 Å². The molecule has 31 heavy (non-hydrogen) atoms. The fourth-order valence-electron chi connectivity index (χ4n) is 3.29. The summed E-state index contributed by atoms with van der Waals surface area (Å²) < 4.78 is 25.5. The van der Waals surface area contributed by atoms with E-state index in [-0.39, 0.29) is 11.4 Å². The minimum Gasteiger partial charge on any atom is -0.497 e. The van der Waals surface area contributed by atoms with Crippen LogP contribution in [0, 0.1) is 5.82 Å². The summed E-state index contributed by atoms with van der Waals surface area (Å²) >= 11 is 0. The van der Waals surface area contributed by atoms with Crippen LogP contribution in [0.5, 0.6) is 11.5 Å². The molecule has 1 N–H and O–H groups in total. The van der Waals surface area contributed by atoms with Crippen LogP contribution in [0.15, 0.2) is 47.4 Å². The van der Waals surface area contributed by atoms with E-state index in [9.17, 15) is 14.0 Å². The number of nitrogens with one attached hydrogen (secondary N) is 1. The number of aromatic amines is 1. The van der Waals surface area contributed by atoms with Crippen LogP contribution in [0.2, 0.25) is 0 Å². The Morgan fingerprint density at radius 3 is 2.45 bits per heavy atom. The molecule has 2 amide bonds. The van der Waals surface area contributed by atoms with Gasteiger partial charge >= 0.3 is 6.03 Å². The molecule has 0 unspecified atom stereocenters. The Morgan fingerprint density at radius 2 is 1.81 bits per heavy atom. The number of methoxy groups -OCH3 is 1. The van der Waals surface area contributed by atoms with Gasteiger partial charge in [-0.3, -0.25) is 4.79 Å². The van der Waals surface area contributed by atoms with Crippen LogP contribution < -0.4 is 14.9 Å². The number of ether oxygens (including phenoxy) is 2. The summed E-state index contributed by atoms with van der Waals surface area (Å²) in [6.45, 7) is 0.822. The summed E-state index contributed by atoms with van der Waals surface area (Å²) in [5, 5.41) is -0.0503. The number of rotatable bonds is 7. The lowest BCUT2D eigenvalue weighted by atomic mass is 10.0. The molecule has 3 rings (SSSR count). The molecule has 2 aromatic carbocycles. The van der Waals surface area contributed by atoms with Crippen molar-refractivity contribution < 1.29 is 18.7 Å². The summed E-state index contributed by atoms with van der Waals surface area (Å²) in [7, 11) is 6.66. The summed E-state index contributed by atoms with van der Waals surface area (Å²) in [6, 6.07) is 9.61. The first-order chi connectivity index (χ1) is 14.8. The van der Waals surface area contributed by atoms with Crippen molar-refractivity contribution in [1.82, 2.24) is 14.8 Å². The van der Waals surface area contributed by atoms with E-state index >= 15 is 0 Å². The Labute approximate surface area is 180 Å². The minimum absolute atomic E-state index is 0.0503. The summed E-state index contributed by atoms with van der Waals surface area (Å²) in [4.78, 5) is 31.0. The van der Waals surface area contributed by atoms with Crippen LogP contribution in [0.4, 0.5) is 9.18 Å². The number of nitrogens with zero attached hydrogens (tertiary/aromatic N) is 2. The molecule has 0 bridgehead atoms. The monoisotopic (exact) mass is 427 g/mol. The first kappa shape index (κ1) is 22.1. The van der Waals surface area contributed by atoms with Gasteiger partial charge in [0.1, 0.15) is 17.3 Å². The lowest BCUT2D eigenvalue weighted by molar-refractivity contribution is 0.178. The van der Waals surface area contributed by atoms with Gasteiger partial charge in [0, 0.05) is 39.4 Å². The molecule has 0 atom stereocenters. The lowest BCUT2D eigenvalue weighted by Crippen LogP contribution is -2.37. The van der Waals surface area contributed by atoms with Gasteiger partial charge in [0.2, 0.25) is 0 Å². The van der Waals surface area contributed by atoms with Gasteiger partial charge in [-0.2, -0.15) is 0 Å². The number of urea groups is 1. The second-order valence-corrected chi connectivity index (χ2v) is 7.36. The maximum absolute atomic E-state index is 14.6. The Kier molecular flexibility index (Phi) is 6.79. The highest BCUT2D eigenvalue weighted by molar-refractivity contribution is 5.88. The normalized spacial score (nSPS) is 10.7. The van der Waals surface area contributed by atoms with E-state index < -0.39 is 11.2 Å². The van der Waals surface area contributed by atoms with Crippen LogP contribution in [0.1, 0.15) is 6.42 Å². The lowest BCUT2D eigenvalue weighted by Gasteiger charge is -2.21. The van der Waals surface area contributed by atoms with Gasteiger partial charge in [0.25, 0.3) is 0 Å². The van der Waals surface area contributed by atoms with Crippen molar-refractivity contribution in [2.24, 2.45) is 0 Å². The third-order valence-corrected chi connectivity index (χ3v) is 4.95. The zero-order valence-corrected chi connectivity index (χ0v) is 18.1. The van der Waals surface area contributed by atoms with Gasteiger partial charge in [0.15, 0.2) is 5.43 Å². The van der Waals surface area contributed by atoms with Crippen molar-refractivity contribution in [1.29, 1.82) is 0 Å². The molecule has 0 aliphatic heterocycles. The van der Waals surface area contributed by atoms with Crippen molar-refractivity contribution in [2.75, 3.05) is 41.4 Å². The second-order valence-electron chi connectivity index (χ2n) is 7.36. The topological polar surface area (TPSA) is 74.9 Å². The Hall–Kier alpha value is -3.55. The first-order valence-electron chi connectivity index (χ1n) is 9.87. The number of benzene rings is 2. The Bertz CT molecular complexity index is 1130. The fraction of sp³-hybridized carbons (Fsp3) is 0.304. The number of hydrogen-bond acceptors (Lipinski definition) is 4. The zero-order valence-electron chi connectivity index (χ0n) is 18.1. The van der Waals surface area contributed by atoms with Crippen molar-refractivity contribution in [2.45, 2.75) is 6.42 Å². The summed E-state index contributed by atoms with van der Waals surface area (Å²) in [6.07, 6.45) is 2.14. The van der Waals surface area contributed by atoms with Gasteiger partial charge in [-0.1, -0.05) is 12.1 Å². The van der Waals surface area contributed by atoms with Crippen LogP contribution in [-0.4, -0.2) is 62.2 Å². The molecular formula is C23H26FN3O4. The Morgan fingerprint density at radius 1 is 1.10 bits per heavy atom. The quantitative estimate of drug-likeness (QED) is 0.583. The number of fused-ring (bicyclic) bond motifs is 1. The Balaban J connectivity index is 1.81. The standard InChI is InChI=1S/C23H26FN3O4/c1-26(2)23(29)27(3)12-5-13-31-19-11-10-18(24)20-21(19)25-14-17(22(20)28)15-6-8-16(30-4)9-7-15/h6-11,14H,5,12-13H2,1-4H3,(H,25,28). The molecule has 0 aliphatic rings. The SMILES string of the molecule is COc1ccc(-c2c[nH]c3c(OCCCN(C)C(=O)N(C)C)ccc(F)c3c2=O)cc1. The zero-order chi connectivity index (χ0) is 22.5. The maximum atomic E-state index is 14.6. The van der Waals surface area contributed by atoms with E-state index in [1.54, 1.807) is 63.6 Å². The molecule has 0 radical (unpaired) electrons. The molecular weight excluding hydrogens is 401 g/mol. The number of pyridine rings is 1. The second kappa shape index (κ2) is 9.51. The van der Waals surface area contributed by atoms with Gasteiger partial charge in [-0.15, -0.1) is 0 Å². The molecule has 0 spiro atoms. The van der Waals surface area contributed by atoms with Crippen molar-refractivity contribution in [3.63, 3.8) is 0 Å². The molecule has 0 aliphatic carbocycles. The number of amides is 2. The highest BCUT2D eigenvalue weighted by Crippen LogP contribution is 2.27. The summed E-state index contributed by atoms with van der Waals surface area (Å²) in [5.41, 5.74) is 0.899. The number of carbonyl (C=O) groups excluding carboxylic acids is 1. The number of halogens is 1. The highest BCUT2D eigenvalue weighted by Gasteiger charge is 2.15. The molecule has 0 saturated carbocycles. The van der Waals surface area contributed by atoms with Gasteiger partial charge in [-0.05, 0) is 36.2 Å². The molecule has 1 aromatic heterocycles. The first-order valence-corrected chi connectivity index (χ1v) is 9.87. The predicted octanol–water partition coefficient (Wildman–Crippen LogP) is 3.73. The van der Waals surface area contributed by atoms with Crippen LogP contribution >= 0.6 is 0 Å². The largest absolute Gasteiger partial charge is 0.497 e. The average molecular weight is 427 g/mol. The molecule has 0 fully saturated rings. The fourth-order valence-corrected chi connectivity index (χ4v) is 3.29. The third kappa shape index (κ3) is 4.79. The van der Waals surface area contributed by atoms with Crippen molar-refractivity contribution in [3.05, 3.63) is 58.6 Å². The summed E-state index contributed by atoms with van der Waals surface area (Å²) in [5.74, 6) is 0.437. The van der Waals surface area contributed by atoms with Crippen LogP contribution in [-0.2, 0) is 0 Å². The number of hydrogen-bond donors (Lipinski definition) is 1. The highest BCUT2D eigenvalue weighted by atomic mass is 19.1. The van der Waals surface area contributed by atoms with E-state index in [0.717, 1.165) is 0 Å². The third-order valence-electron chi connectivity index (χ3n) is 4.95. The maximum Gasteiger partial charge on any atom is 0.319 e. The van der Waals surface area contributed by atoms with E-state index in [0.29, 0.717) is 47.7 Å². The van der Waals surface area contributed by atoms with E-state index in [1.807, 2.05) is 0 Å². The van der Waals surface area contributed by atoms with Gasteiger partial charge in [-0.25, -0.2) is 9.18 Å². The number of H-pyrrole nitrogens is 1. The van der Waals surface area contributed by atoms with Crippen molar-refractivity contribution >= 4 is 16.9 Å². The van der Waals surface area contributed by atoms with Crippen molar-refractivity contribution in [3.8, 4) is 22.6 Å². The van der Waals surface area contributed by atoms with E-state index in [4.69, 9.17) is 9.47 Å². The average Bonchev–Trinajstić information content (AvgIpc) is 2.77. The van der Waals surface area contributed by atoms with Gasteiger partial charge < -0.3 is 24.3 Å². The van der Waals surface area contributed by atoms with E-state index in [1.165, 1.54) is 17.0 Å². The van der Waals surface area contributed by atoms with E-state index in [2.05, 4.69) is 4.98 Å². The van der Waals surface area contributed by atoms with Crippen LogP contribution in [0.3, 0.4) is 0 Å². The molecule has 1 heterocycles.